The van der Waals surface area contributed by atoms with Gasteiger partial charge in [0.25, 0.3) is 0 Å². The van der Waals surface area contributed by atoms with Crippen LogP contribution in [-0.4, -0.2) is 66.5 Å². The summed E-state index contributed by atoms with van der Waals surface area (Å²) in [6, 6.07) is 10.4. The van der Waals surface area contributed by atoms with Gasteiger partial charge in [-0.05, 0) is 86.5 Å². The summed E-state index contributed by atoms with van der Waals surface area (Å²) in [6.07, 6.45) is 11.0. The zero-order valence-corrected chi connectivity index (χ0v) is 34.3. The smallest absolute Gasteiger partial charge is 0.317 e. The van der Waals surface area contributed by atoms with E-state index in [0.717, 1.165) is 40.9 Å². The molecule has 0 spiro atoms. The molecule has 51 heavy (non-hydrogen) atoms. The number of hydrogen-bond donors (Lipinski definition) is 2. The van der Waals surface area contributed by atoms with E-state index in [1.807, 2.05) is 55.4 Å². The predicted octanol–water partition coefficient (Wildman–Crippen LogP) is 9.77. The molecule has 1 aliphatic carbocycles. The van der Waals surface area contributed by atoms with Gasteiger partial charge in [0.1, 0.15) is 28.6 Å². The second-order valence-corrected chi connectivity index (χ2v) is 18.2. The second-order valence-electron chi connectivity index (χ2n) is 15.0. The topological polar surface area (TPSA) is 82.1 Å². The van der Waals surface area contributed by atoms with Gasteiger partial charge in [-0.3, -0.25) is 9.59 Å². The minimum atomic E-state index is -1.54. The van der Waals surface area contributed by atoms with E-state index in [4.69, 9.17) is 14.2 Å². The third-order valence-electron chi connectivity index (χ3n) is 10.8. The lowest BCUT2D eigenvalue weighted by atomic mass is 9.75. The largest absolute Gasteiger partial charge is 0.456 e. The van der Waals surface area contributed by atoms with Gasteiger partial charge in [-0.25, -0.2) is 0 Å². The van der Waals surface area contributed by atoms with Gasteiger partial charge in [0.15, 0.2) is 0 Å². The van der Waals surface area contributed by atoms with E-state index < -0.39 is 16.4 Å². The molecule has 7 nitrogen and oxygen atoms in total. The van der Waals surface area contributed by atoms with Crippen molar-refractivity contribution in [2.75, 3.05) is 44.9 Å². The Bertz CT molecular complexity index is 1590. The van der Waals surface area contributed by atoms with Crippen LogP contribution in [0.5, 0.6) is 23.0 Å². The highest BCUT2D eigenvalue weighted by molar-refractivity contribution is 8.76. The van der Waals surface area contributed by atoms with Gasteiger partial charge in [0.2, 0.25) is 0 Å². The molecule has 1 N–H and O–H groups in total. The molecular formula is C41H58NO6S3+. The van der Waals surface area contributed by atoms with E-state index in [1.165, 1.54) is 0 Å². The van der Waals surface area contributed by atoms with Gasteiger partial charge < -0.3 is 23.8 Å². The molecule has 1 heterocycles. The number of esters is 2. The first-order chi connectivity index (χ1) is 24.2. The molecule has 0 saturated heterocycles. The first-order valence-electron chi connectivity index (χ1n) is 18.4. The summed E-state index contributed by atoms with van der Waals surface area (Å²) in [5, 5.41) is 12.7. The summed E-state index contributed by atoms with van der Waals surface area (Å²) in [5.41, 5.74) is -0.950. The van der Waals surface area contributed by atoms with Crippen molar-refractivity contribution in [2.24, 2.45) is 16.7 Å². The van der Waals surface area contributed by atoms with E-state index in [-0.39, 0.29) is 17.9 Å². The van der Waals surface area contributed by atoms with Crippen molar-refractivity contribution in [2.45, 2.75) is 85.2 Å². The third kappa shape index (κ3) is 9.42. The molecule has 0 fully saturated rings. The van der Waals surface area contributed by atoms with Gasteiger partial charge in [-0.15, -0.1) is 0 Å². The van der Waals surface area contributed by atoms with E-state index in [2.05, 4.69) is 52.8 Å². The average molecular weight is 757 g/mol. The summed E-state index contributed by atoms with van der Waals surface area (Å²) in [4.78, 5) is 27.3. The molecule has 2 unspecified atom stereocenters. The Morgan fingerprint density at radius 3 is 1.86 bits per heavy atom. The van der Waals surface area contributed by atoms with Crippen LogP contribution in [0, 0.1) is 16.7 Å². The number of allylic oxidation sites excluding steroid dienone is 2. The lowest BCUT2D eigenvalue weighted by molar-refractivity contribution is -0.867. The highest BCUT2D eigenvalue weighted by Crippen LogP contribution is 2.53. The Hall–Kier alpha value is -2.37. The van der Waals surface area contributed by atoms with E-state index in [1.54, 1.807) is 36.4 Å². The average Bonchev–Trinajstić information content (AvgIpc) is 3.10. The lowest BCUT2D eigenvalue weighted by Gasteiger charge is -2.38. The highest BCUT2D eigenvalue weighted by Gasteiger charge is 2.45. The molecule has 0 aromatic heterocycles. The molecule has 0 amide bonds. The van der Waals surface area contributed by atoms with Gasteiger partial charge in [-0.1, -0.05) is 74.4 Å². The fraction of sp³-hybridized carbons (Fsp3) is 0.561. The highest BCUT2D eigenvalue weighted by atomic mass is 33.1. The Balaban J connectivity index is 1.63. The number of benzene rings is 2. The van der Waals surface area contributed by atoms with Gasteiger partial charge in [0.05, 0.1) is 44.3 Å². The zero-order chi connectivity index (χ0) is 37.5. The molecule has 2 aromatic carbocycles. The molecular weight excluding hydrogens is 699 g/mol. The Kier molecular flexibility index (Phi) is 14.3. The summed E-state index contributed by atoms with van der Waals surface area (Å²) in [6.45, 7) is 11.3. The molecule has 2 aromatic rings. The fourth-order valence-corrected chi connectivity index (χ4v) is 9.79. The molecule has 10 heteroatoms. The van der Waals surface area contributed by atoms with Crippen molar-refractivity contribution < 1.29 is 33.4 Å². The number of fused-ring (bicyclic) bond motifs is 2. The number of rotatable bonds is 18. The monoisotopic (exact) mass is 756 g/mol. The number of carbonyl (C=O) groups is 2. The van der Waals surface area contributed by atoms with Crippen molar-refractivity contribution in [1.82, 2.24) is 0 Å². The maximum Gasteiger partial charge on any atom is 0.317 e. The molecule has 2 atom stereocenters. The summed E-state index contributed by atoms with van der Waals surface area (Å²) in [7, 11) is 10.3. The maximum atomic E-state index is 13.8. The number of nitrogens with zero attached hydrogens (tertiary/aromatic N) is 1. The molecule has 1 aliphatic heterocycles. The van der Waals surface area contributed by atoms with Crippen LogP contribution in [0.1, 0.15) is 90.7 Å². The van der Waals surface area contributed by atoms with Crippen molar-refractivity contribution in [1.29, 1.82) is 0 Å². The molecule has 0 bridgehead atoms. The van der Waals surface area contributed by atoms with Crippen LogP contribution in [0.15, 0.2) is 60.2 Å². The van der Waals surface area contributed by atoms with Crippen molar-refractivity contribution in [3.63, 3.8) is 0 Å². The summed E-state index contributed by atoms with van der Waals surface area (Å²) >= 11 is 4.40. The van der Waals surface area contributed by atoms with Crippen LogP contribution < -0.4 is 14.2 Å². The standard InChI is InChI=1S/C41H57NO6S3/c1-9-39(10-2,20-23-49)37(43)46-31-16-18-33-35(27-31)48-36-28-32(17-19-34(36)41(33,45)30-15-13-14-29(5)26-30)47-38(44)40(11-3,12-4)21-24-50-51-25-22-42(6,7)8/h13,15-19,26-29,45H,9-12,14,20-25H2,1-8H3/p+1. The number of carbonyl (C=O) groups excluding carboxylic acids is 2. The zero-order valence-electron chi connectivity index (χ0n) is 31.8. The number of aliphatic hydroxyl groups is 1. The molecule has 2 aliphatic rings. The van der Waals surface area contributed by atoms with Crippen LogP contribution in [0.4, 0.5) is 0 Å². The number of thiol groups is 1. The van der Waals surface area contributed by atoms with Crippen LogP contribution in [0.25, 0.3) is 0 Å². The summed E-state index contributed by atoms with van der Waals surface area (Å²) in [5.74, 6) is 3.60. The Labute approximate surface area is 319 Å². The van der Waals surface area contributed by atoms with E-state index in [9.17, 15) is 14.7 Å². The second kappa shape index (κ2) is 17.6. The fourth-order valence-electron chi connectivity index (χ4n) is 6.85. The van der Waals surface area contributed by atoms with Crippen LogP contribution >= 0.6 is 34.2 Å². The molecule has 4 rings (SSSR count). The Morgan fingerprint density at radius 2 is 1.39 bits per heavy atom. The van der Waals surface area contributed by atoms with Crippen LogP contribution in [0.3, 0.4) is 0 Å². The molecule has 280 valence electrons. The first-order valence-corrected chi connectivity index (χ1v) is 21.5. The van der Waals surface area contributed by atoms with Crippen molar-refractivity contribution in [3.8, 4) is 23.0 Å². The van der Waals surface area contributed by atoms with Gasteiger partial charge in [-0.2, -0.15) is 12.6 Å². The lowest BCUT2D eigenvalue weighted by Crippen LogP contribution is -2.36. The summed E-state index contributed by atoms with van der Waals surface area (Å²) < 4.78 is 19.5. The van der Waals surface area contributed by atoms with Crippen molar-refractivity contribution >= 4 is 46.2 Å². The Morgan fingerprint density at radius 1 is 0.882 bits per heavy atom. The van der Waals surface area contributed by atoms with Crippen LogP contribution in [0.2, 0.25) is 0 Å². The molecule has 0 radical (unpaired) electrons. The SMILES string of the molecule is CCC(CC)(CCS)C(=O)Oc1ccc2c(c1)Oc1cc(OC(=O)C(CC)(CC)CCSSCC[N+](C)(C)C)ccc1C2(O)C1=CC(C)CC=C1. The van der Waals surface area contributed by atoms with Gasteiger partial charge in [0, 0.05) is 29.0 Å². The number of ether oxygens (including phenoxy) is 3. The molecule has 0 saturated carbocycles. The normalized spacial score (nSPS) is 18.7. The van der Waals surface area contributed by atoms with Crippen LogP contribution in [-0.2, 0) is 15.2 Å². The first kappa shape index (κ1) is 41.4. The third-order valence-corrected chi connectivity index (χ3v) is 13.4. The number of hydrogen-bond acceptors (Lipinski definition) is 9. The maximum absolute atomic E-state index is 13.8. The number of quaternary nitrogens is 1. The minimum Gasteiger partial charge on any atom is -0.456 e. The quantitative estimate of drug-likeness (QED) is 0.0389. The van der Waals surface area contributed by atoms with Crippen molar-refractivity contribution in [3.05, 3.63) is 71.3 Å². The van der Waals surface area contributed by atoms with E-state index in [0.29, 0.717) is 72.0 Å². The van der Waals surface area contributed by atoms with E-state index >= 15 is 0 Å². The predicted molar refractivity (Wildman–Crippen MR) is 215 cm³/mol. The minimum absolute atomic E-state index is 0.234. The van der Waals surface area contributed by atoms with Gasteiger partial charge >= 0.3 is 11.9 Å².